The molecule has 1 heterocycles. The van der Waals surface area contributed by atoms with Gasteiger partial charge in [0.25, 0.3) is 0 Å². The van der Waals surface area contributed by atoms with E-state index in [0.29, 0.717) is 6.42 Å². The van der Waals surface area contributed by atoms with E-state index in [0.717, 1.165) is 35.4 Å². The predicted octanol–water partition coefficient (Wildman–Crippen LogP) is 4.80. The SMILES string of the molecule is Cn1nc2c(c1-c1ccccc1)CCC1C(Cc3ccccc3)C(=O)C(C#N)=CC21C. The minimum Gasteiger partial charge on any atom is -0.293 e. The Labute approximate surface area is 182 Å². The smallest absolute Gasteiger partial charge is 0.176 e. The minimum absolute atomic E-state index is 0.0171. The van der Waals surface area contributed by atoms with E-state index in [9.17, 15) is 10.1 Å². The molecule has 3 atom stereocenters. The van der Waals surface area contributed by atoms with Gasteiger partial charge in [0, 0.05) is 29.5 Å². The summed E-state index contributed by atoms with van der Waals surface area (Å²) in [5, 5.41) is 14.7. The van der Waals surface area contributed by atoms with Gasteiger partial charge in [-0.05, 0) is 30.7 Å². The Morgan fingerprint density at radius 2 is 1.81 bits per heavy atom. The molecule has 4 heteroatoms. The van der Waals surface area contributed by atoms with Crippen LogP contribution in [0.25, 0.3) is 11.3 Å². The van der Waals surface area contributed by atoms with Crippen LogP contribution in [0.5, 0.6) is 0 Å². The molecule has 3 unspecified atom stereocenters. The minimum atomic E-state index is -0.434. The fraction of sp³-hybridized carbons (Fsp3) is 0.296. The van der Waals surface area contributed by atoms with E-state index in [1.54, 1.807) is 0 Å². The van der Waals surface area contributed by atoms with Crippen LogP contribution >= 0.6 is 0 Å². The van der Waals surface area contributed by atoms with Crippen LogP contribution in [0.4, 0.5) is 0 Å². The van der Waals surface area contributed by atoms with Crippen molar-refractivity contribution in [2.75, 3.05) is 0 Å². The van der Waals surface area contributed by atoms with Crippen molar-refractivity contribution in [2.45, 2.75) is 31.6 Å². The van der Waals surface area contributed by atoms with Gasteiger partial charge in [-0.3, -0.25) is 9.48 Å². The van der Waals surface area contributed by atoms with E-state index < -0.39 is 5.41 Å². The third-order valence-corrected chi connectivity index (χ3v) is 7.13. The van der Waals surface area contributed by atoms with Gasteiger partial charge in [-0.25, -0.2) is 0 Å². The first-order valence-corrected chi connectivity index (χ1v) is 10.9. The van der Waals surface area contributed by atoms with Crippen molar-refractivity contribution in [1.29, 1.82) is 5.26 Å². The Bertz CT molecular complexity index is 1220. The summed E-state index contributed by atoms with van der Waals surface area (Å²) in [5.41, 5.74) is 5.53. The van der Waals surface area contributed by atoms with Gasteiger partial charge >= 0.3 is 0 Å². The number of carbonyl (C=O) groups excluding carboxylic acids is 1. The molecule has 2 aliphatic carbocycles. The van der Waals surface area contributed by atoms with Crippen molar-refractivity contribution >= 4 is 5.78 Å². The molecule has 0 fully saturated rings. The number of hydrogen-bond donors (Lipinski definition) is 0. The second-order valence-electron chi connectivity index (χ2n) is 8.92. The summed E-state index contributed by atoms with van der Waals surface area (Å²) in [5.74, 6) is -0.0952. The van der Waals surface area contributed by atoms with E-state index in [1.165, 1.54) is 5.56 Å². The van der Waals surface area contributed by atoms with Crippen molar-refractivity contribution in [1.82, 2.24) is 9.78 Å². The fourth-order valence-corrected chi connectivity index (χ4v) is 5.71. The molecular weight excluding hydrogens is 382 g/mol. The standard InChI is InChI=1S/C27H25N3O/c1-27-16-20(17-28)25(31)22(15-18-9-5-3-6-10-18)23(27)14-13-21-24(30(2)29-26(21)27)19-11-7-4-8-12-19/h3-12,16,22-23H,13-15H2,1-2H3. The van der Waals surface area contributed by atoms with E-state index in [4.69, 9.17) is 5.10 Å². The second kappa shape index (κ2) is 7.35. The molecule has 0 N–H and O–H groups in total. The number of benzene rings is 2. The van der Waals surface area contributed by atoms with Gasteiger partial charge in [0.15, 0.2) is 5.78 Å². The fourth-order valence-electron chi connectivity index (χ4n) is 5.71. The molecule has 1 aromatic heterocycles. The number of aryl methyl sites for hydroxylation is 1. The molecule has 0 amide bonds. The van der Waals surface area contributed by atoms with Crippen molar-refractivity contribution in [3.8, 4) is 17.3 Å². The highest BCUT2D eigenvalue weighted by molar-refractivity contribution is 6.02. The number of nitrogens with zero attached hydrogens (tertiary/aromatic N) is 3. The molecule has 0 aliphatic heterocycles. The van der Waals surface area contributed by atoms with Crippen LogP contribution in [0.3, 0.4) is 0 Å². The van der Waals surface area contributed by atoms with Gasteiger partial charge in [0.2, 0.25) is 0 Å². The maximum absolute atomic E-state index is 13.2. The maximum atomic E-state index is 13.2. The number of aromatic nitrogens is 2. The lowest BCUT2D eigenvalue weighted by Gasteiger charge is -2.45. The summed E-state index contributed by atoms with van der Waals surface area (Å²) < 4.78 is 1.97. The van der Waals surface area contributed by atoms with Gasteiger partial charge in [-0.1, -0.05) is 73.7 Å². The van der Waals surface area contributed by atoms with Crippen LogP contribution in [-0.4, -0.2) is 15.6 Å². The van der Waals surface area contributed by atoms with E-state index in [1.807, 2.05) is 54.2 Å². The highest BCUT2D eigenvalue weighted by atomic mass is 16.1. The Morgan fingerprint density at radius 1 is 1.13 bits per heavy atom. The van der Waals surface area contributed by atoms with Gasteiger partial charge in [-0.2, -0.15) is 10.4 Å². The van der Waals surface area contributed by atoms with Crippen molar-refractivity contribution in [3.05, 3.63) is 89.1 Å². The molecule has 3 aromatic rings. The third-order valence-electron chi connectivity index (χ3n) is 7.13. The first kappa shape index (κ1) is 19.5. The van der Waals surface area contributed by atoms with Gasteiger partial charge in [0.1, 0.15) is 6.07 Å². The number of Topliss-reactive ketones (excluding diaryl/α,β-unsaturated/α-hetero) is 1. The largest absolute Gasteiger partial charge is 0.293 e. The van der Waals surface area contributed by atoms with Gasteiger partial charge < -0.3 is 0 Å². The van der Waals surface area contributed by atoms with Crippen LogP contribution in [-0.2, 0) is 30.1 Å². The quantitative estimate of drug-likeness (QED) is 0.627. The molecule has 31 heavy (non-hydrogen) atoms. The van der Waals surface area contributed by atoms with Crippen LogP contribution in [0.2, 0.25) is 0 Å². The summed E-state index contributed by atoms with van der Waals surface area (Å²) in [6.45, 7) is 2.17. The van der Waals surface area contributed by atoms with E-state index in [2.05, 4.69) is 37.3 Å². The molecule has 2 aliphatic rings. The summed E-state index contributed by atoms with van der Waals surface area (Å²) in [4.78, 5) is 13.2. The number of fused-ring (bicyclic) bond motifs is 3. The van der Waals surface area contributed by atoms with Crippen LogP contribution in [0, 0.1) is 23.2 Å². The number of nitriles is 1. The molecule has 0 saturated heterocycles. The molecule has 5 rings (SSSR count). The number of rotatable bonds is 3. The molecule has 2 aromatic carbocycles. The summed E-state index contributed by atoms with van der Waals surface area (Å²) in [6.07, 6.45) is 4.36. The molecule has 154 valence electrons. The Kier molecular flexibility index (Phi) is 4.63. The number of carbonyl (C=O) groups is 1. The first-order chi connectivity index (χ1) is 15.0. The van der Waals surface area contributed by atoms with Crippen LogP contribution in [0.15, 0.2) is 72.3 Å². The van der Waals surface area contributed by atoms with Crippen LogP contribution in [0.1, 0.15) is 30.2 Å². The normalized spacial score (nSPS) is 24.7. The summed E-state index contributed by atoms with van der Waals surface area (Å²) >= 11 is 0. The summed E-state index contributed by atoms with van der Waals surface area (Å²) in [6, 6.07) is 22.7. The second-order valence-corrected chi connectivity index (χ2v) is 8.92. The third kappa shape index (κ3) is 3.04. The Balaban J connectivity index is 1.64. The monoisotopic (exact) mass is 407 g/mol. The zero-order valence-electron chi connectivity index (χ0n) is 17.9. The van der Waals surface area contributed by atoms with Gasteiger partial charge in [0.05, 0.1) is 17.0 Å². The predicted molar refractivity (Wildman–Crippen MR) is 120 cm³/mol. The molecule has 4 nitrogen and oxygen atoms in total. The zero-order valence-corrected chi connectivity index (χ0v) is 17.9. The average Bonchev–Trinajstić information content (AvgIpc) is 3.14. The van der Waals surface area contributed by atoms with Crippen molar-refractivity contribution < 1.29 is 4.79 Å². The average molecular weight is 408 g/mol. The topological polar surface area (TPSA) is 58.7 Å². The lowest BCUT2D eigenvalue weighted by Crippen LogP contribution is -2.47. The van der Waals surface area contributed by atoms with Crippen LogP contribution < -0.4 is 0 Å². The molecule has 0 radical (unpaired) electrons. The van der Waals surface area contributed by atoms with Gasteiger partial charge in [-0.15, -0.1) is 0 Å². The maximum Gasteiger partial charge on any atom is 0.176 e. The van der Waals surface area contributed by atoms with Crippen molar-refractivity contribution in [3.63, 3.8) is 0 Å². The number of allylic oxidation sites excluding steroid dienone is 2. The summed E-state index contributed by atoms with van der Waals surface area (Å²) in [7, 11) is 1.99. The van der Waals surface area contributed by atoms with Crippen molar-refractivity contribution in [2.24, 2.45) is 18.9 Å². The molecular formula is C27H25N3O. The number of ketones is 1. The highest BCUT2D eigenvalue weighted by Gasteiger charge is 2.51. The molecule has 0 saturated carbocycles. The number of hydrogen-bond acceptors (Lipinski definition) is 3. The lowest BCUT2D eigenvalue weighted by atomic mass is 9.56. The van der Waals surface area contributed by atoms with E-state index >= 15 is 0 Å². The Morgan fingerprint density at radius 3 is 2.48 bits per heavy atom. The van der Waals surface area contributed by atoms with E-state index in [-0.39, 0.29) is 23.2 Å². The lowest BCUT2D eigenvalue weighted by molar-refractivity contribution is -0.122. The highest BCUT2D eigenvalue weighted by Crippen LogP contribution is 2.51. The first-order valence-electron chi connectivity index (χ1n) is 10.9. The molecule has 0 bridgehead atoms. The molecule has 0 spiro atoms. The Hall–Kier alpha value is -3.45. The zero-order chi connectivity index (χ0) is 21.6.